The van der Waals surface area contributed by atoms with Crippen LogP contribution in [0, 0.1) is 5.92 Å². The summed E-state index contributed by atoms with van der Waals surface area (Å²) in [7, 11) is -1.79. The number of aliphatic hydroxyl groups excluding tert-OH is 1. The van der Waals surface area contributed by atoms with Crippen molar-refractivity contribution in [2.75, 3.05) is 0 Å². The van der Waals surface area contributed by atoms with E-state index in [1.807, 2.05) is 6.92 Å². The van der Waals surface area contributed by atoms with E-state index in [9.17, 15) is 8.42 Å². The topological polar surface area (TPSA) is 71.3 Å². The van der Waals surface area contributed by atoms with Crippen LogP contribution in [-0.2, 0) is 23.7 Å². The molecule has 0 saturated carbocycles. The van der Waals surface area contributed by atoms with Gasteiger partial charge in [-0.1, -0.05) is 13.8 Å². The zero-order valence-corrected chi connectivity index (χ0v) is 12.2. The molecule has 0 fully saturated rings. The molecular weight excluding hydrogens is 252 g/mol. The third-order valence-corrected chi connectivity index (χ3v) is 4.29. The van der Waals surface area contributed by atoms with Gasteiger partial charge in [0.25, 0.3) is 0 Å². The molecule has 1 heterocycles. The maximum atomic E-state index is 12.1. The van der Waals surface area contributed by atoms with E-state index < -0.39 is 10.0 Å². The van der Waals surface area contributed by atoms with Crippen LogP contribution in [0.3, 0.4) is 0 Å². The first kappa shape index (κ1) is 15.2. The van der Waals surface area contributed by atoms with Crippen LogP contribution < -0.4 is 4.72 Å². The second-order valence-electron chi connectivity index (χ2n) is 5.09. The fourth-order valence-electron chi connectivity index (χ4n) is 1.97. The van der Waals surface area contributed by atoms with Crippen LogP contribution in [0.15, 0.2) is 17.2 Å². The van der Waals surface area contributed by atoms with Gasteiger partial charge in [-0.25, -0.2) is 13.1 Å². The highest BCUT2D eigenvalue weighted by molar-refractivity contribution is 7.89. The van der Waals surface area contributed by atoms with Crippen molar-refractivity contribution in [3.8, 4) is 0 Å². The maximum absolute atomic E-state index is 12.1. The Bertz CT molecular complexity index is 491. The third-order valence-electron chi connectivity index (χ3n) is 2.74. The second kappa shape index (κ2) is 5.86. The minimum atomic E-state index is -3.50. The number of hydrogen-bond acceptors (Lipinski definition) is 3. The van der Waals surface area contributed by atoms with Crippen LogP contribution in [0.1, 0.15) is 32.9 Å². The number of aliphatic hydroxyl groups is 1. The van der Waals surface area contributed by atoms with Gasteiger partial charge in [0.1, 0.15) is 0 Å². The van der Waals surface area contributed by atoms with E-state index in [0.29, 0.717) is 11.6 Å². The SMILES string of the molecule is CC(C)CC(C)NS(=O)(=O)c1cc(CO)n(C)c1. The lowest BCUT2D eigenvalue weighted by Gasteiger charge is -2.15. The third kappa shape index (κ3) is 3.83. The molecule has 18 heavy (non-hydrogen) atoms. The van der Waals surface area contributed by atoms with Crippen LogP contribution in [0.4, 0.5) is 0 Å². The number of aromatic nitrogens is 1. The standard InChI is InChI=1S/C12H22N2O3S/c1-9(2)5-10(3)13-18(16,17)12-6-11(8-15)14(4)7-12/h6-7,9-10,13,15H,5,8H2,1-4H3. The molecule has 0 radical (unpaired) electrons. The van der Waals surface area contributed by atoms with Crippen molar-refractivity contribution in [2.45, 2.75) is 44.7 Å². The van der Waals surface area contributed by atoms with Crippen LogP contribution in [0.25, 0.3) is 0 Å². The van der Waals surface area contributed by atoms with Crippen molar-refractivity contribution in [1.82, 2.24) is 9.29 Å². The Morgan fingerprint density at radius 1 is 1.39 bits per heavy atom. The molecule has 1 unspecified atom stereocenters. The first-order chi connectivity index (χ1) is 8.26. The predicted octanol–water partition coefficient (Wildman–Crippen LogP) is 1.23. The maximum Gasteiger partial charge on any atom is 0.242 e. The van der Waals surface area contributed by atoms with E-state index in [1.54, 1.807) is 11.6 Å². The Hall–Kier alpha value is -0.850. The van der Waals surface area contributed by atoms with E-state index >= 15 is 0 Å². The van der Waals surface area contributed by atoms with Gasteiger partial charge >= 0.3 is 0 Å². The summed E-state index contributed by atoms with van der Waals surface area (Å²) in [4.78, 5) is 0.199. The van der Waals surface area contributed by atoms with Crippen molar-refractivity contribution < 1.29 is 13.5 Å². The summed E-state index contributed by atoms with van der Waals surface area (Å²) in [6.07, 6.45) is 2.30. The molecule has 5 nitrogen and oxygen atoms in total. The van der Waals surface area contributed by atoms with E-state index in [1.165, 1.54) is 12.3 Å². The van der Waals surface area contributed by atoms with Gasteiger partial charge in [-0.2, -0.15) is 0 Å². The molecule has 0 aromatic carbocycles. The van der Waals surface area contributed by atoms with E-state index in [0.717, 1.165) is 6.42 Å². The molecule has 2 N–H and O–H groups in total. The minimum Gasteiger partial charge on any atom is -0.390 e. The molecule has 1 aromatic rings. The highest BCUT2D eigenvalue weighted by Gasteiger charge is 2.20. The lowest BCUT2D eigenvalue weighted by atomic mass is 10.1. The lowest BCUT2D eigenvalue weighted by molar-refractivity contribution is 0.272. The van der Waals surface area contributed by atoms with Gasteiger partial charge in [0.2, 0.25) is 10.0 Å². The molecule has 6 heteroatoms. The van der Waals surface area contributed by atoms with Crippen LogP contribution in [0.2, 0.25) is 0 Å². The Morgan fingerprint density at radius 2 is 2.00 bits per heavy atom. The number of nitrogens with zero attached hydrogens (tertiary/aromatic N) is 1. The number of hydrogen-bond donors (Lipinski definition) is 2. The molecule has 1 aromatic heterocycles. The molecule has 0 spiro atoms. The van der Waals surface area contributed by atoms with Crippen molar-refractivity contribution in [1.29, 1.82) is 0 Å². The predicted molar refractivity (Wildman–Crippen MR) is 70.6 cm³/mol. The molecule has 0 aliphatic rings. The Morgan fingerprint density at radius 3 is 2.44 bits per heavy atom. The summed E-state index contributed by atoms with van der Waals surface area (Å²) in [5.41, 5.74) is 0.576. The Kier molecular flexibility index (Phi) is 4.95. The molecule has 0 bridgehead atoms. The Labute approximate surface area is 109 Å². The van der Waals surface area contributed by atoms with Gasteiger partial charge in [-0.3, -0.25) is 0 Å². The summed E-state index contributed by atoms with van der Waals surface area (Å²) in [6, 6.07) is 1.39. The number of nitrogens with one attached hydrogen (secondary N) is 1. The molecule has 0 saturated heterocycles. The summed E-state index contributed by atoms with van der Waals surface area (Å²) in [5, 5.41) is 9.06. The highest BCUT2D eigenvalue weighted by atomic mass is 32.2. The zero-order chi connectivity index (χ0) is 13.9. The van der Waals surface area contributed by atoms with Crippen molar-refractivity contribution >= 4 is 10.0 Å². The van der Waals surface area contributed by atoms with Gasteiger partial charge in [0.15, 0.2) is 0 Å². The highest BCUT2D eigenvalue weighted by Crippen LogP contribution is 2.15. The molecule has 1 atom stereocenters. The van der Waals surface area contributed by atoms with Crippen LogP contribution in [0.5, 0.6) is 0 Å². The molecule has 0 aliphatic carbocycles. The lowest BCUT2D eigenvalue weighted by Crippen LogP contribution is -2.33. The average molecular weight is 274 g/mol. The smallest absolute Gasteiger partial charge is 0.242 e. The molecule has 0 amide bonds. The quantitative estimate of drug-likeness (QED) is 0.819. The van der Waals surface area contributed by atoms with E-state index in [-0.39, 0.29) is 17.5 Å². The zero-order valence-electron chi connectivity index (χ0n) is 11.3. The normalized spacial score (nSPS) is 14.1. The number of rotatable bonds is 6. The van der Waals surface area contributed by atoms with Gasteiger partial charge in [0, 0.05) is 25.0 Å². The molecular formula is C12H22N2O3S. The van der Waals surface area contributed by atoms with Gasteiger partial charge in [-0.05, 0) is 25.3 Å². The van der Waals surface area contributed by atoms with Crippen molar-refractivity contribution in [2.24, 2.45) is 13.0 Å². The average Bonchev–Trinajstić information content (AvgIpc) is 2.57. The van der Waals surface area contributed by atoms with Crippen LogP contribution >= 0.6 is 0 Å². The monoisotopic (exact) mass is 274 g/mol. The fourth-order valence-corrected chi connectivity index (χ4v) is 3.32. The number of aryl methyl sites for hydroxylation is 1. The first-order valence-corrected chi connectivity index (χ1v) is 7.53. The molecule has 1 rings (SSSR count). The first-order valence-electron chi connectivity index (χ1n) is 6.04. The molecule has 104 valence electrons. The number of sulfonamides is 1. The summed E-state index contributed by atoms with van der Waals surface area (Å²) < 4.78 is 28.5. The summed E-state index contributed by atoms with van der Waals surface area (Å²) >= 11 is 0. The second-order valence-corrected chi connectivity index (χ2v) is 6.80. The largest absolute Gasteiger partial charge is 0.390 e. The van der Waals surface area contributed by atoms with Gasteiger partial charge < -0.3 is 9.67 Å². The minimum absolute atomic E-state index is 0.104. The van der Waals surface area contributed by atoms with E-state index in [2.05, 4.69) is 18.6 Å². The summed E-state index contributed by atoms with van der Waals surface area (Å²) in [6.45, 7) is 5.79. The van der Waals surface area contributed by atoms with E-state index in [4.69, 9.17) is 5.11 Å². The van der Waals surface area contributed by atoms with Gasteiger partial charge in [-0.15, -0.1) is 0 Å². The van der Waals surface area contributed by atoms with Crippen LogP contribution in [-0.4, -0.2) is 24.1 Å². The van der Waals surface area contributed by atoms with Crippen molar-refractivity contribution in [3.05, 3.63) is 18.0 Å². The Balaban J connectivity index is 2.86. The van der Waals surface area contributed by atoms with Gasteiger partial charge in [0.05, 0.1) is 11.5 Å². The summed E-state index contributed by atoms with van der Waals surface area (Å²) in [5.74, 6) is 0.437. The molecule has 0 aliphatic heterocycles. The fraction of sp³-hybridized carbons (Fsp3) is 0.667. The van der Waals surface area contributed by atoms with Crippen molar-refractivity contribution in [3.63, 3.8) is 0 Å².